The van der Waals surface area contributed by atoms with Crippen molar-refractivity contribution in [2.45, 2.75) is 38.0 Å². The van der Waals surface area contributed by atoms with Crippen LogP contribution < -0.4 is 5.32 Å². The molecule has 2 saturated heterocycles. The van der Waals surface area contributed by atoms with Crippen molar-refractivity contribution in [3.8, 4) is 0 Å². The van der Waals surface area contributed by atoms with Crippen LogP contribution in [0.15, 0.2) is 66.9 Å². The molecule has 9 nitrogen and oxygen atoms in total. The average Bonchev–Trinajstić information content (AvgIpc) is 2.86. The fraction of sp³-hybridized carbons (Fsp3) is 0.346. The largest absolute Gasteiger partial charge is 0.481 e. The standard InChI is InChI=1S/C26H29ClFN5O4/c1-18-22(14-25(35)36)32-23(16-30(18)13-5-8-19-6-3-2-4-7-19)33(31(27)17-24(32)34)26(37)29-15-20-9-11-21(28)12-10-20/h2-4,6-7,9-12,22-23H,1,5,8,13-17H2,(H,29,37)(H,35,36)/t22-,23-/m0/s1. The van der Waals surface area contributed by atoms with Gasteiger partial charge in [-0.2, -0.15) is 0 Å². The molecule has 0 radical (unpaired) electrons. The number of aryl methyl sites for hydroxylation is 1. The first-order valence-electron chi connectivity index (χ1n) is 12.0. The van der Waals surface area contributed by atoms with E-state index in [2.05, 4.69) is 11.9 Å². The molecule has 2 aliphatic rings. The van der Waals surface area contributed by atoms with Gasteiger partial charge in [-0.25, -0.2) is 14.2 Å². The number of carbonyl (C=O) groups is 3. The quantitative estimate of drug-likeness (QED) is 0.510. The van der Waals surface area contributed by atoms with E-state index in [1.54, 1.807) is 12.1 Å². The summed E-state index contributed by atoms with van der Waals surface area (Å²) >= 11 is 6.36. The number of carboxylic acid groups (broad SMARTS) is 1. The fourth-order valence-electron chi connectivity index (χ4n) is 4.76. The number of fused-ring (bicyclic) bond motifs is 1. The van der Waals surface area contributed by atoms with Gasteiger partial charge in [-0.05, 0) is 36.1 Å². The smallest absolute Gasteiger partial charge is 0.335 e. The number of hydrogen-bond donors (Lipinski definition) is 2. The van der Waals surface area contributed by atoms with E-state index < -0.39 is 24.2 Å². The monoisotopic (exact) mass is 529 g/mol. The van der Waals surface area contributed by atoms with Gasteiger partial charge in [0, 0.05) is 30.6 Å². The molecule has 0 unspecified atom stereocenters. The molecule has 2 atom stereocenters. The maximum Gasteiger partial charge on any atom is 0.335 e. The van der Waals surface area contributed by atoms with Gasteiger partial charge >= 0.3 is 12.0 Å². The van der Waals surface area contributed by atoms with E-state index in [9.17, 15) is 23.9 Å². The molecule has 0 bridgehead atoms. The van der Waals surface area contributed by atoms with Crippen molar-refractivity contribution in [2.24, 2.45) is 0 Å². The first kappa shape index (κ1) is 26.4. The van der Waals surface area contributed by atoms with Crippen LogP contribution in [0.1, 0.15) is 24.0 Å². The van der Waals surface area contributed by atoms with Crippen molar-refractivity contribution in [2.75, 3.05) is 19.6 Å². The molecular formula is C26H29ClFN5O4. The van der Waals surface area contributed by atoms with E-state index in [-0.39, 0.29) is 37.8 Å². The number of amides is 3. The molecule has 2 aliphatic heterocycles. The Morgan fingerprint density at radius 3 is 2.49 bits per heavy atom. The molecule has 37 heavy (non-hydrogen) atoms. The second-order valence-electron chi connectivity index (χ2n) is 9.05. The summed E-state index contributed by atoms with van der Waals surface area (Å²) in [6.45, 7) is 4.73. The van der Waals surface area contributed by atoms with Gasteiger partial charge in [0.1, 0.15) is 18.5 Å². The Hall–Kier alpha value is -3.63. The number of carbonyl (C=O) groups excluding carboxylic acids is 2. The molecule has 0 aromatic heterocycles. The number of rotatable bonds is 8. The summed E-state index contributed by atoms with van der Waals surface area (Å²) in [6.07, 6.45) is 0.401. The highest BCUT2D eigenvalue weighted by molar-refractivity contribution is 6.15. The van der Waals surface area contributed by atoms with Gasteiger partial charge < -0.3 is 20.2 Å². The molecule has 0 aliphatic carbocycles. The molecule has 11 heteroatoms. The lowest BCUT2D eigenvalue weighted by Gasteiger charge is -2.55. The van der Waals surface area contributed by atoms with Gasteiger partial charge in [0.25, 0.3) is 0 Å². The Balaban J connectivity index is 1.52. The number of nitrogens with zero attached hydrogens (tertiary/aromatic N) is 4. The molecule has 0 saturated carbocycles. The minimum absolute atomic E-state index is 0.118. The van der Waals surface area contributed by atoms with Crippen LogP contribution in [-0.4, -0.2) is 74.2 Å². The number of nitrogens with one attached hydrogen (secondary N) is 1. The van der Waals surface area contributed by atoms with Crippen molar-refractivity contribution >= 4 is 29.7 Å². The molecule has 4 rings (SSSR count). The third-order valence-electron chi connectivity index (χ3n) is 6.57. The Bertz CT molecular complexity index is 1150. The predicted octanol–water partition coefficient (Wildman–Crippen LogP) is 3.18. The van der Waals surface area contributed by atoms with Crippen molar-refractivity contribution in [1.82, 2.24) is 24.7 Å². The Morgan fingerprint density at radius 2 is 1.81 bits per heavy atom. The lowest BCUT2D eigenvalue weighted by atomic mass is 10.0. The second-order valence-corrected chi connectivity index (χ2v) is 9.44. The zero-order valence-corrected chi connectivity index (χ0v) is 21.0. The maximum atomic E-state index is 13.2. The van der Waals surface area contributed by atoms with Gasteiger partial charge in [0.05, 0.1) is 19.0 Å². The Kier molecular flexibility index (Phi) is 8.30. The summed E-state index contributed by atoms with van der Waals surface area (Å²) in [5, 5.41) is 13.6. The highest BCUT2D eigenvalue weighted by Gasteiger charge is 2.49. The summed E-state index contributed by atoms with van der Waals surface area (Å²) in [4.78, 5) is 41.3. The van der Waals surface area contributed by atoms with Crippen molar-refractivity contribution in [3.05, 3.63) is 83.8 Å². The summed E-state index contributed by atoms with van der Waals surface area (Å²) in [6, 6.07) is 14.3. The van der Waals surface area contributed by atoms with Gasteiger partial charge in [-0.15, -0.1) is 4.53 Å². The molecule has 2 fully saturated rings. The number of aliphatic carboxylic acids is 1. The van der Waals surface area contributed by atoms with Crippen LogP contribution in [0.25, 0.3) is 0 Å². The van der Waals surface area contributed by atoms with E-state index in [4.69, 9.17) is 11.8 Å². The summed E-state index contributed by atoms with van der Waals surface area (Å²) < 4.78 is 14.2. The van der Waals surface area contributed by atoms with Gasteiger partial charge in [-0.3, -0.25) is 9.59 Å². The first-order valence-corrected chi connectivity index (χ1v) is 12.3. The van der Waals surface area contributed by atoms with Crippen LogP contribution in [0.3, 0.4) is 0 Å². The van der Waals surface area contributed by atoms with Crippen LogP contribution in [-0.2, 0) is 22.6 Å². The molecule has 2 aromatic rings. The van der Waals surface area contributed by atoms with Crippen LogP contribution in [0.2, 0.25) is 0 Å². The number of carboxylic acids is 1. The molecule has 0 spiro atoms. The Morgan fingerprint density at radius 1 is 1.11 bits per heavy atom. The molecule has 2 heterocycles. The number of benzene rings is 2. The predicted molar refractivity (Wildman–Crippen MR) is 135 cm³/mol. The van der Waals surface area contributed by atoms with Crippen molar-refractivity contribution in [1.29, 1.82) is 0 Å². The lowest BCUT2D eigenvalue weighted by molar-refractivity contribution is -0.167. The number of hydrazine groups is 1. The van der Waals surface area contributed by atoms with Crippen LogP contribution >= 0.6 is 11.8 Å². The first-order chi connectivity index (χ1) is 17.7. The number of urea groups is 1. The number of halogens is 2. The molecule has 2 N–H and O–H groups in total. The van der Waals surface area contributed by atoms with E-state index in [1.165, 1.54) is 27.6 Å². The second kappa shape index (κ2) is 11.6. The summed E-state index contributed by atoms with van der Waals surface area (Å²) in [7, 11) is 0. The van der Waals surface area contributed by atoms with Gasteiger partial charge in [-0.1, -0.05) is 49.0 Å². The molecule has 2 aromatic carbocycles. The van der Waals surface area contributed by atoms with E-state index in [1.807, 2.05) is 35.2 Å². The minimum atomic E-state index is -1.08. The van der Waals surface area contributed by atoms with Crippen LogP contribution in [0.4, 0.5) is 9.18 Å². The maximum absolute atomic E-state index is 13.2. The van der Waals surface area contributed by atoms with Crippen LogP contribution in [0.5, 0.6) is 0 Å². The normalized spacial score (nSPS) is 20.1. The molecule has 3 amide bonds. The zero-order chi connectivity index (χ0) is 26.5. The average molecular weight is 530 g/mol. The van der Waals surface area contributed by atoms with Gasteiger partial charge in [0.2, 0.25) is 5.91 Å². The number of piperazine rings is 1. The summed E-state index contributed by atoms with van der Waals surface area (Å²) in [5.74, 6) is -1.85. The van der Waals surface area contributed by atoms with E-state index in [0.29, 0.717) is 17.8 Å². The van der Waals surface area contributed by atoms with Crippen molar-refractivity contribution < 1.29 is 23.9 Å². The SMILES string of the molecule is C=C1[C@H](CC(=O)O)N2C(=O)CN(Cl)N(C(=O)NCc3ccc(F)cc3)[C@H]2CN1CCCc1ccccc1. The van der Waals surface area contributed by atoms with Crippen molar-refractivity contribution in [3.63, 3.8) is 0 Å². The third-order valence-corrected chi connectivity index (χ3v) is 6.85. The molecular weight excluding hydrogens is 501 g/mol. The third kappa shape index (κ3) is 6.20. The number of hydrogen-bond acceptors (Lipinski definition) is 5. The summed E-state index contributed by atoms with van der Waals surface area (Å²) in [5.41, 5.74) is 2.38. The highest BCUT2D eigenvalue weighted by atomic mass is 35.5. The Labute approximate surface area is 219 Å². The fourth-order valence-corrected chi connectivity index (χ4v) is 5.03. The minimum Gasteiger partial charge on any atom is -0.481 e. The lowest BCUT2D eigenvalue weighted by Crippen LogP contribution is -2.73. The van der Waals surface area contributed by atoms with E-state index >= 15 is 0 Å². The zero-order valence-electron chi connectivity index (χ0n) is 20.2. The van der Waals surface area contributed by atoms with E-state index in [0.717, 1.165) is 17.4 Å². The van der Waals surface area contributed by atoms with Crippen LogP contribution in [0, 0.1) is 5.82 Å². The molecule has 196 valence electrons. The topological polar surface area (TPSA) is 96.4 Å². The highest BCUT2D eigenvalue weighted by Crippen LogP contribution is 2.32. The van der Waals surface area contributed by atoms with Gasteiger partial charge in [0.15, 0.2) is 0 Å².